The van der Waals surface area contributed by atoms with Crippen LogP contribution in [0.3, 0.4) is 0 Å². The zero-order valence-corrected chi connectivity index (χ0v) is 8.85. The van der Waals surface area contributed by atoms with E-state index in [1.807, 2.05) is 0 Å². The molecular formula is C11H13NOS. The average Bonchev–Trinajstić information content (AvgIpc) is 2.75. The lowest BCUT2D eigenvalue weighted by atomic mass is 10.1. The van der Waals surface area contributed by atoms with Crippen LogP contribution in [0.4, 0.5) is 0 Å². The Kier molecular flexibility index (Phi) is 1.87. The molecule has 1 fully saturated rings. The van der Waals surface area contributed by atoms with Gasteiger partial charge in [-0.25, -0.2) is 0 Å². The summed E-state index contributed by atoms with van der Waals surface area (Å²) in [7, 11) is 0. The van der Waals surface area contributed by atoms with Crippen LogP contribution in [0.25, 0.3) is 0 Å². The molecule has 3 rings (SSSR count). The monoisotopic (exact) mass is 207 g/mol. The highest BCUT2D eigenvalue weighted by Crippen LogP contribution is 2.29. The van der Waals surface area contributed by atoms with Crippen molar-refractivity contribution in [1.82, 2.24) is 4.90 Å². The molecule has 0 aromatic carbocycles. The summed E-state index contributed by atoms with van der Waals surface area (Å²) in [5.74, 6) is 0.341. The molecule has 0 N–H and O–H groups in total. The van der Waals surface area contributed by atoms with Gasteiger partial charge in [0.15, 0.2) is 0 Å². The Hall–Kier alpha value is -0.830. The van der Waals surface area contributed by atoms with Crippen LogP contribution in [0.15, 0.2) is 11.4 Å². The molecule has 0 spiro atoms. The lowest BCUT2D eigenvalue weighted by Gasteiger charge is -2.21. The molecule has 1 atom stereocenters. The predicted octanol–water partition coefficient (Wildman–Crippen LogP) is 1.84. The fraction of sp³-hybridized carbons (Fsp3) is 0.545. The highest BCUT2D eigenvalue weighted by atomic mass is 32.1. The van der Waals surface area contributed by atoms with Gasteiger partial charge in [0.2, 0.25) is 5.91 Å². The number of amides is 1. The van der Waals surface area contributed by atoms with Crippen molar-refractivity contribution in [3.05, 3.63) is 21.9 Å². The molecule has 0 bridgehead atoms. The Morgan fingerprint density at radius 2 is 2.43 bits per heavy atom. The number of carbonyl (C=O) groups is 1. The summed E-state index contributed by atoms with van der Waals surface area (Å²) in [5.41, 5.74) is 1.41. The Morgan fingerprint density at radius 3 is 3.36 bits per heavy atom. The standard InChI is InChI=1S/C11H13NOS/c13-11-7-10-8(3-5-14-10)6-9-2-1-4-12(9)11/h3,5,9H,1-2,4,6-7H2. The van der Waals surface area contributed by atoms with Crippen LogP contribution in [0.5, 0.6) is 0 Å². The number of thiophene rings is 1. The molecule has 2 nitrogen and oxygen atoms in total. The molecular weight excluding hydrogens is 194 g/mol. The number of hydrogen-bond donors (Lipinski definition) is 0. The number of fused-ring (bicyclic) bond motifs is 2. The third kappa shape index (κ3) is 1.19. The summed E-state index contributed by atoms with van der Waals surface area (Å²) >= 11 is 1.73. The Labute approximate surface area is 87.5 Å². The summed E-state index contributed by atoms with van der Waals surface area (Å²) in [6, 6.07) is 2.69. The molecule has 14 heavy (non-hydrogen) atoms. The first-order chi connectivity index (χ1) is 6.84. The smallest absolute Gasteiger partial charge is 0.228 e. The van der Waals surface area contributed by atoms with Crippen LogP contribution in [-0.2, 0) is 17.6 Å². The molecule has 1 aromatic rings. The van der Waals surface area contributed by atoms with Gasteiger partial charge in [0.1, 0.15) is 0 Å². The van der Waals surface area contributed by atoms with E-state index < -0.39 is 0 Å². The van der Waals surface area contributed by atoms with E-state index in [1.165, 1.54) is 23.3 Å². The van der Waals surface area contributed by atoms with E-state index in [9.17, 15) is 4.79 Å². The second kappa shape index (κ2) is 3.09. The highest BCUT2D eigenvalue weighted by molar-refractivity contribution is 7.10. The van der Waals surface area contributed by atoms with Gasteiger partial charge in [-0.05, 0) is 36.3 Å². The molecule has 0 aliphatic carbocycles. The predicted molar refractivity (Wildman–Crippen MR) is 56.5 cm³/mol. The minimum Gasteiger partial charge on any atom is -0.339 e. The maximum Gasteiger partial charge on any atom is 0.228 e. The van der Waals surface area contributed by atoms with Gasteiger partial charge in [-0.3, -0.25) is 4.79 Å². The van der Waals surface area contributed by atoms with Crippen molar-refractivity contribution in [2.75, 3.05) is 6.54 Å². The third-order valence-corrected chi connectivity index (χ3v) is 4.27. The van der Waals surface area contributed by atoms with Gasteiger partial charge in [-0.15, -0.1) is 11.3 Å². The van der Waals surface area contributed by atoms with Gasteiger partial charge < -0.3 is 4.90 Å². The lowest BCUT2D eigenvalue weighted by Crippen LogP contribution is -2.35. The van der Waals surface area contributed by atoms with Crippen LogP contribution in [0.1, 0.15) is 23.3 Å². The summed E-state index contributed by atoms with van der Waals surface area (Å²) < 4.78 is 0. The minimum atomic E-state index is 0.341. The Bertz CT molecular complexity index is 371. The van der Waals surface area contributed by atoms with Crippen molar-refractivity contribution < 1.29 is 4.79 Å². The van der Waals surface area contributed by atoms with Crippen LogP contribution >= 0.6 is 11.3 Å². The fourth-order valence-electron chi connectivity index (χ4n) is 2.57. The maximum absolute atomic E-state index is 11.9. The van der Waals surface area contributed by atoms with E-state index in [1.54, 1.807) is 11.3 Å². The number of hydrogen-bond acceptors (Lipinski definition) is 2. The summed E-state index contributed by atoms with van der Waals surface area (Å²) in [5, 5.41) is 2.11. The van der Waals surface area contributed by atoms with E-state index in [2.05, 4.69) is 16.3 Å². The number of nitrogens with zero attached hydrogens (tertiary/aromatic N) is 1. The molecule has 0 radical (unpaired) electrons. The van der Waals surface area contributed by atoms with Crippen molar-refractivity contribution in [2.24, 2.45) is 0 Å². The first kappa shape index (κ1) is 8.48. The number of rotatable bonds is 0. The Morgan fingerprint density at radius 1 is 1.50 bits per heavy atom. The number of carbonyl (C=O) groups excluding carboxylic acids is 1. The highest BCUT2D eigenvalue weighted by Gasteiger charge is 2.32. The van der Waals surface area contributed by atoms with Gasteiger partial charge in [0.05, 0.1) is 6.42 Å². The van der Waals surface area contributed by atoms with Crippen molar-refractivity contribution in [1.29, 1.82) is 0 Å². The summed E-state index contributed by atoms with van der Waals surface area (Å²) in [6.07, 6.45) is 4.12. The Balaban J connectivity index is 1.98. The van der Waals surface area contributed by atoms with Crippen molar-refractivity contribution in [3.8, 4) is 0 Å². The summed E-state index contributed by atoms with van der Waals surface area (Å²) in [6.45, 7) is 0.985. The second-order valence-corrected chi connectivity index (χ2v) is 5.13. The minimum absolute atomic E-state index is 0.341. The van der Waals surface area contributed by atoms with E-state index in [0.717, 1.165) is 13.0 Å². The topological polar surface area (TPSA) is 20.3 Å². The molecule has 2 aliphatic heterocycles. The first-order valence-electron chi connectivity index (χ1n) is 5.19. The normalized spacial score (nSPS) is 25.9. The van der Waals surface area contributed by atoms with Gasteiger partial charge in [0.25, 0.3) is 0 Å². The molecule has 0 saturated carbocycles. The summed E-state index contributed by atoms with van der Waals surface area (Å²) in [4.78, 5) is 15.3. The van der Waals surface area contributed by atoms with Gasteiger partial charge in [-0.1, -0.05) is 0 Å². The van der Waals surface area contributed by atoms with E-state index in [0.29, 0.717) is 18.4 Å². The SMILES string of the molecule is O=C1Cc2sccc2CC2CCCN12. The second-order valence-electron chi connectivity index (χ2n) is 4.13. The van der Waals surface area contributed by atoms with Crippen molar-refractivity contribution in [3.63, 3.8) is 0 Å². The van der Waals surface area contributed by atoms with Gasteiger partial charge in [0, 0.05) is 17.5 Å². The third-order valence-electron chi connectivity index (χ3n) is 3.30. The van der Waals surface area contributed by atoms with E-state index in [-0.39, 0.29) is 0 Å². The first-order valence-corrected chi connectivity index (χ1v) is 6.07. The van der Waals surface area contributed by atoms with E-state index in [4.69, 9.17) is 0 Å². The molecule has 2 aliphatic rings. The van der Waals surface area contributed by atoms with Crippen LogP contribution in [0.2, 0.25) is 0 Å². The average molecular weight is 207 g/mol. The molecule has 74 valence electrons. The molecule has 1 aromatic heterocycles. The molecule has 3 heteroatoms. The van der Waals surface area contributed by atoms with E-state index >= 15 is 0 Å². The van der Waals surface area contributed by atoms with Crippen molar-refractivity contribution >= 4 is 17.2 Å². The van der Waals surface area contributed by atoms with Gasteiger partial charge in [-0.2, -0.15) is 0 Å². The molecule has 3 heterocycles. The molecule has 1 saturated heterocycles. The zero-order valence-electron chi connectivity index (χ0n) is 8.03. The van der Waals surface area contributed by atoms with Crippen LogP contribution < -0.4 is 0 Å². The largest absolute Gasteiger partial charge is 0.339 e. The van der Waals surface area contributed by atoms with Gasteiger partial charge >= 0.3 is 0 Å². The van der Waals surface area contributed by atoms with Crippen LogP contribution in [0, 0.1) is 0 Å². The molecule has 1 unspecified atom stereocenters. The maximum atomic E-state index is 11.9. The zero-order chi connectivity index (χ0) is 9.54. The molecule has 1 amide bonds. The quantitative estimate of drug-likeness (QED) is 0.635. The van der Waals surface area contributed by atoms with Crippen molar-refractivity contribution in [2.45, 2.75) is 31.7 Å². The van der Waals surface area contributed by atoms with Crippen LogP contribution in [-0.4, -0.2) is 23.4 Å². The fourth-order valence-corrected chi connectivity index (χ4v) is 3.48. The lowest BCUT2D eigenvalue weighted by molar-refractivity contribution is -0.130.